The summed E-state index contributed by atoms with van der Waals surface area (Å²) in [6.07, 6.45) is -0.439. The molecular weight excluding hydrogens is 552 g/mol. The maximum Gasteiger partial charge on any atom is 0.335 e. The van der Waals surface area contributed by atoms with Gasteiger partial charge in [-0.05, 0) is 42.5 Å². The molecule has 0 spiro atoms. The van der Waals surface area contributed by atoms with E-state index >= 15 is 0 Å². The van der Waals surface area contributed by atoms with Gasteiger partial charge >= 0.3 is 11.9 Å². The third-order valence-electron chi connectivity index (χ3n) is 6.69. The van der Waals surface area contributed by atoms with Crippen molar-refractivity contribution in [3.8, 4) is 51.4 Å². The van der Waals surface area contributed by atoms with Crippen molar-refractivity contribution in [2.75, 3.05) is 7.11 Å². The van der Waals surface area contributed by atoms with Crippen LogP contribution in [0, 0.1) is 0 Å². The number of furan rings is 1. The van der Waals surface area contributed by atoms with E-state index in [0.29, 0.717) is 5.56 Å². The van der Waals surface area contributed by atoms with Gasteiger partial charge in [-0.2, -0.15) is 0 Å². The molecule has 0 aliphatic rings. The van der Waals surface area contributed by atoms with Crippen LogP contribution >= 0.6 is 0 Å². The van der Waals surface area contributed by atoms with Crippen molar-refractivity contribution in [2.45, 2.75) is 12.3 Å². The van der Waals surface area contributed by atoms with E-state index in [1.807, 2.05) is 0 Å². The number of ether oxygens (including phenoxy) is 1. The molecule has 0 aliphatic carbocycles. The zero-order valence-corrected chi connectivity index (χ0v) is 21.7. The molecule has 5 aromatic rings. The second-order valence-electron chi connectivity index (χ2n) is 9.27. The minimum atomic E-state index is -1.18. The van der Waals surface area contributed by atoms with Crippen LogP contribution in [-0.4, -0.2) is 49.7 Å². The number of esters is 1. The van der Waals surface area contributed by atoms with Crippen LogP contribution in [0.25, 0.3) is 33.6 Å². The van der Waals surface area contributed by atoms with Gasteiger partial charge in [0.1, 0.15) is 34.0 Å². The summed E-state index contributed by atoms with van der Waals surface area (Å²) in [7, 11) is 1.15. The molecule has 0 saturated carbocycles. The molecule has 0 radical (unpaired) electrons. The highest BCUT2D eigenvalue weighted by atomic mass is 16.5. The van der Waals surface area contributed by atoms with E-state index in [1.165, 1.54) is 36.4 Å². The molecule has 0 amide bonds. The predicted octanol–water partition coefficient (Wildman–Crippen LogP) is 4.64. The summed E-state index contributed by atoms with van der Waals surface area (Å²) in [6.45, 7) is 0. The standard InChI is InChI=1S/C30H22O12/c1-40-23(35)11-16(22-8-7-21(41-22)13-3-2-4-15(9-13)30(38)39)24-19(33)12-20(34)25-26(36)27(37)28(42-29(24)25)14-5-6-17(31)18(32)10-14/h2-10,12,16,31-34,37H,11H2,1H3,(H,38,39). The first-order valence-electron chi connectivity index (χ1n) is 12.3. The van der Waals surface area contributed by atoms with Gasteiger partial charge in [0.15, 0.2) is 17.3 Å². The molecule has 12 nitrogen and oxygen atoms in total. The Balaban J connectivity index is 1.76. The Labute approximate surface area is 235 Å². The SMILES string of the molecule is COC(=O)CC(c1ccc(-c2cccc(C(=O)O)c2)o1)c1c(O)cc(O)c2c(=O)c(O)c(-c3ccc(O)c(O)c3)oc12. The van der Waals surface area contributed by atoms with Gasteiger partial charge in [-0.1, -0.05) is 12.1 Å². The summed E-state index contributed by atoms with van der Waals surface area (Å²) in [6, 6.07) is 13.1. The summed E-state index contributed by atoms with van der Waals surface area (Å²) in [4.78, 5) is 37.2. The number of hydrogen-bond acceptors (Lipinski definition) is 11. The van der Waals surface area contributed by atoms with Crippen LogP contribution in [-0.2, 0) is 9.53 Å². The lowest BCUT2D eigenvalue weighted by Crippen LogP contribution is -2.12. The Morgan fingerprint density at radius 1 is 0.833 bits per heavy atom. The Kier molecular flexibility index (Phi) is 6.96. The van der Waals surface area contributed by atoms with Crippen molar-refractivity contribution in [1.82, 2.24) is 0 Å². The fourth-order valence-electron chi connectivity index (χ4n) is 4.64. The van der Waals surface area contributed by atoms with Crippen LogP contribution in [0.3, 0.4) is 0 Å². The highest BCUT2D eigenvalue weighted by molar-refractivity contribution is 5.92. The monoisotopic (exact) mass is 574 g/mol. The van der Waals surface area contributed by atoms with Gasteiger partial charge in [-0.25, -0.2) is 4.79 Å². The van der Waals surface area contributed by atoms with E-state index in [-0.39, 0.29) is 28.2 Å². The number of aromatic hydroxyl groups is 5. The molecule has 5 rings (SSSR count). The molecule has 0 fully saturated rings. The fourth-order valence-corrected chi connectivity index (χ4v) is 4.64. The van der Waals surface area contributed by atoms with Crippen LogP contribution < -0.4 is 5.43 Å². The van der Waals surface area contributed by atoms with Gasteiger partial charge < -0.3 is 44.2 Å². The highest BCUT2D eigenvalue weighted by Crippen LogP contribution is 2.45. The molecule has 0 bridgehead atoms. The molecule has 12 heteroatoms. The molecule has 2 heterocycles. The fraction of sp³-hybridized carbons (Fsp3) is 0.100. The van der Waals surface area contributed by atoms with Crippen molar-refractivity contribution in [3.05, 3.63) is 87.8 Å². The molecule has 2 aromatic heterocycles. The van der Waals surface area contributed by atoms with E-state index in [0.717, 1.165) is 25.3 Å². The number of phenolic OH excluding ortho intramolecular Hbond substituents is 4. The zero-order valence-electron chi connectivity index (χ0n) is 21.7. The first-order valence-corrected chi connectivity index (χ1v) is 12.3. The van der Waals surface area contributed by atoms with Crippen molar-refractivity contribution in [3.63, 3.8) is 0 Å². The van der Waals surface area contributed by atoms with Gasteiger partial charge in [0, 0.05) is 22.8 Å². The molecule has 214 valence electrons. The van der Waals surface area contributed by atoms with Gasteiger partial charge in [0.05, 0.1) is 25.0 Å². The van der Waals surface area contributed by atoms with Gasteiger partial charge in [0.2, 0.25) is 11.2 Å². The van der Waals surface area contributed by atoms with Crippen LogP contribution in [0.4, 0.5) is 0 Å². The Morgan fingerprint density at radius 2 is 1.60 bits per heavy atom. The van der Waals surface area contributed by atoms with Crippen molar-refractivity contribution in [2.24, 2.45) is 0 Å². The lowest BCUT2D eigenvalue weighted by atomic mass is 9.90. The van der Waals surface area contributed by atoms with E-state index in [9.17, 15) is 45.0 Å². The number of hydrogen-bond donors (Lipinski definition) is 6. The minimum Gasteiger partial charge on any atom is -0.507 e. The molecule has 1 unspecified atom stereocenters. The van der Waals surface area contributed by atoms with Crippen molar-refractivity contribution >= 4 is 22.9 Å². The summed E-state index contributed by atoms with van der Waals surface area (Å²) < 4.78 is 16.7. The first kappa shape index (κ1) is 27.6. The normalized spacial score (nSPS) is 11.8. The number of phenols is 4. The lowest BCUT2D eigenvalue weighted by Gasteiger charge is -2.18. The number of aromatic carboxylic acids is 1. The minimum absolute atomic E-state index is 0.00751. The summed E-state index contributed by atoms with van der Waals surface area (Å²) in [5.41, 5.74) is -1.28. The maximum atomic E-state index is 13.2. The summed E-state index contributed by atoms with van der Waals surface area (Å²) in [5.74, 6) is -6.51. The lowest BCUT2D eigenvalue weighted by molar-refractivity contribution is -0.140. The first-order chi connectivity index (χ1) is 20.0. The van der Waals surface area contributed by atoms with E-state index in [1.54, 1.807) is 6.07 Å². The van der Waals surface area contributed by atoms with E-state index in [4.69, 9.17) is 13.6 Å². The van der Waals surface area contributed by atoms with Gasteiger partial charge in [-0.3, -0.25) is 9.59 Å². The number of benzene rings is 3. The number of carboxylic acid groups (broad SMARTS) is 1. The Morgan fingerprint density at radius 3 is 2.29 bits per heavy atom. The quantitative estimate of drug-likeness (QED) is 0.116. The third-order valence-corrected chi connectivity index (χ3v) is 6.69. The van der Waals surface area contributed by atoms with Crippen LogP contribution in [0.2, 0.25) is 0 Å². The van der Waals surface area contributed by atoms with Gasteiger partial charge in [-0.15, -0.1) is 0 Å². The average Bonchev–Trinajstić information content (AvgIpc) is 3.45. The molecule has 3 aromatic carbocycles. The molecule has 0 saturated heterocycles. The maximum absolute atomic E-state index is 13.2. The van der Waals surface area contributed by atoms with Crippen LogP contribution in [0.15, 0.2) is 74.3 Å². The second kappa shape index (κ2) is 10.6. The molecular formula is C30H22O12. The number of rotatable bonds is 7. The largest absolute Gasteiger partial charge is 0.507 e. The predicted molar refractivity (Wildman–Crippen MR) is 146 cm³/mol. The average molecular weight is 574 g/mol. The topological polar surface area (TPSA) is 208 Å². The summed E-state index contributed by atoms with van der Waals surface area (Å²) >= 11 is 0. The molecule has 6 N–H and O–H groups in total. The van der Waals surface area contributed by atoms with Crippen molar-refractivity contribution in [1.29, 1.82) is 0 Å². The molecule has 1 atom stereocenters. The van der Waals surface area contributed by atoms with E-state index < -0.39 is 75.2 Å². The second-order valence-corrected chi connectivity index (χ2v) is 9.27. The van der Waals surface area contributed by atoms with Crippen molar-refractivity contribution < 1.29 is 53.8 Å². The summed E-state index contributed by atoms with van der Waals surface area (Å²) in [5, 5.41) is 60.7. The number of fused-ring (bicyclic) bond motifs is 1. The van der Waals surface area contributed by atoms with Crippen LogP contribution in [0.5, 0.6) is 28.7 Å². The number of carboxylic acids is 1. The Hall–Kier alpha value is -5.91. The zero-order chi connectivity index (χ0) is 30.3. The third kappa shape index (κ3) is 4.81. The molecule has 42 heavy (non-hydrogen) atoms. The number of carbonyl (C=O) groups excluding carboxylic acids is 1. The highest BCUT2D eigenvalue weighted by Gasteiger charge is 2.32. The Bertz CT molecular complexity index is 1930. The smallest absolute Gasteiger partial charge is 0.335 e. The number of carbonyl (C=O) groups is 2. The molecule has 0 aliphatic heterocycles. The van der Waals surface area contributed by atoms with Gasteiger partial charge in [0.25, 0.3) is 0 Å². The van der Waals surface area contributed by atoms with Crippen LogP contribution in [0.1, 0.15) is 34.0 Å². The number of methoxy groups -OCH3 is 1. The van der Waals surface area contributed by atoms with E-state index in [2.05, 4.69) is 0 Å².